The van der Waals surface area contributed by atoms with Gasteiger partial charge in [-0.25, -0.2) is 0 Å². The van der Waals surface area contributed by atoms with Crippen molar-refractivity contribution >= 4 is 21.6 Å². The molecule has 5 heteroatoms. The molecule has 3 unspecified atom stereocenters. The summed E-state index contributed by atoms with van der Waals surface area (Å²) in [6, 6.07) is 8.18. The van der Waals surface area contributed by atoms with Crippen molar-refractivity contribution in [2.75, 3.05) is 18.5 Å². The number of nitrogens with zero attached hydrogens (tertiary/aromatic N) is 1. The van der Waals surface area contributed by atoms with E-state index >= 15 is 0 Å². The van der Waals surface area contributed by atoms with Crippen molar-refractivity contribution in [3.05, 3.63) is 28.2 Å². The molecule has 1 spiro atoms. The molecule has 0 amide bonds. The van der Waals surface area contributed by atoms with Gasteiger partial charge in [-0.2, -0.15) is 5.26 Å². The van der Waals surface area contributed by atoms with Crippen molar-refractivity contribution < 1.29 is 9.47 Å². The summed E-state index contributed by atoms with van der Waals surface area (Å²) in [5, 5.41) is 12.8. The number of benzene rings is 1. The molecule has 0 bridgehead atoms. The molecule has 4 nitrogen and oxygen atoms in total. The molecule has 1 aromatic carbocycles. The molecule has 3 rings (SSSR count). The average molecular weight is 351 g/mol. The SMILES string of the molecule is CCOC1CC(Nc2ccc(Br)cc2C#N)C12CCCO2. The van der Waals surface area contributed by atoms with Crippen LogP contribution < -0.4 is 5.32 Å². The smallest absolute Gasteiger partial charge is 0.114 e. The first-order valence-corrected chi connectivity index (χ1v) is 8.20. The fourth-order valence-corrected chi connectivity index (χ4v) is 3.76. The molecule has 112 valence electrons. The molecule has 1 saturated heterocycles. The van der Waals surface area contributed by atoms with Crippen LogP contribution in [0.2, 0.25) is 0 Å². The van der Waals surface area contributed by atoms with Crippen molar-refractivity contribution in [3.8, 4) is 6.07 Å². The lowest BCUT2D eigenvalue weighted by Crippen LogP contribution is -2.66. The highest BCUT2D eigenvalue weighted by atomic mass is 79.9. The van der Waals surface area contributed by atoms with Gasteiger partial charge >= 0.3 is 0 Å². The quantitative estimate of drug-likeness (QED) is 0.903. The highest BCUT2D eigenvalue weighted by molar-refractivity contribution is 9.10. The van der Waals surface area contributed by atoms with Crippen molar-refractivity contribution in [3.63, 3.8) is 0 Å². The van der Waals surface area contributed by atoms with Gasteiger partial charge in [-0.3, -0.25) is 0 Å². The van der Waals surface area contributed by atoms with Gasteiger partial charge in [0.1, 0.15) is 11.7 Å². The van der Waals surface area contributed by atoms with E-state index in [0.29, 0.717) is 12.2 Å². The van der Waals surface area contributed by atoms with Crippen LogP contribution in [0.5, 0.6) is 0 Å². The Morgan fingerprint density at radius 3 is 3.10 bits per heavy atom. The summed E-state index contributed by atoms with van der Waals surface area (Å²) in [5.74, 6) is 0. The zero-order valence-corrected chi connectivity index (χ0v) is 13.6. The number of ether oxygens (including phenoxy) is 2. The minimum absolute atomic E-state index is 0.170. The fraction of sp³-hybridized carbons (Fsp3) is 0.562. The molecule has 1 aliphatic carbocycles. The Morgan fingerprint density at radius 1 is 1.57 bits per heavy atom. The molecule has 1 N–H and O–H groups in total. The van der Waals surface area contributed by atoms with Crippen molar-refractivity contribution in [2.24, 2.45) is 0 Å². The predicted molar refractivity (Wildman–Crippen MR) is 84.2 cm³/mol. The zero-order valence-electron chi connectivity index (χ0n) is 12.1. The van der Waals surface area contributed by atoms with Gasteiger partial charge < -0.3 is 14.8 Å². The first-order chi connectivity index (χ1) is 10.2. The Balaban J connectivity index is 1.78. The molecule has 3 atom stereocenters. The Kier molecular flexibility index (Phi) is 4.21. The first kappa shape index (κ1) is 14.8. The maximum atomic E-state index is 9.27. The largest absolute Gasteiger partial charge is 0.378 e. The van der Waals surface area contributed by atoms with Gasteiger partial charge in [-0.1, -0.05) is 15.9 Å². The second-order valence-corrected chi connectivity index (χ2v) is 6.50. The maximum Gasteiger partial charge on any atom is 0.114 e. The predicted octanol–water partition coefficient (Wildman–Crippen LogP) is 3.46. The number of nitriles is 1. The number of hydrogen-bond acceptors (Lipinski definition) is 4. The van der Waals surface area contributed by atoms with E-state index in [1.54, 1.807) is 0 Å². The van der Waals surface area contributed by atoms with Crippen LogP contribution in [-0.4, -0.2) is 31.0 Å². The monoisotopic (exact) mass is 350 g/mol. The molecule has 1 aliphatic heterocycles. The van der Waals surface area contributed by atoms with E-state index in [1.165, 1.54) is 0 Å². The molecular weight excluding hydrogens is 332 g/mol. The fourth-order valence-electron chi connectivity index (χ4n) is 3.40. The summed E-state index contributed by atoms with van der Waals surface area (Å²) in [7, 11) is 0. The molecule has 21 heavy (non-hydrogen) atoms. The normalized spacial score (nSPS) is 30.9. The Hall–Kier alpha value is -1.09. The lowest BCUT2D eigenvalue weighted by Gasteiger charge is -2.53. The van der Waals surface area contributed by atoms with Crippen LogP contribution in [0.15, 0.2) is 22.7 Å². The lowest BCUT2D eigenvalue weighted by atomic mass is 9.69. The van der Waals surface area contributed by atoms with E-state index in [0.717, 1.165) is 36.0 Å². The summed E-state index contributed by atoms with van der Waals surface area (Å²) < 4.78 is 12.8. The second kappa shape index (κ2) is 5.96. The van der Waals surface area contributed by atoms with Crippen LogP contribution in [0, 0.1) is 11.3 Å². The summed E-state index contributed by atoms with van der Waals surface area (Å²) in [5.41, 5.74) is 1.31. The number of hydrogen-bond donors (Lipinski definition) is 1. The molecule has 2 aliphatic rings. The van der Waals surface area contributed by atoms with Crippen LogP contribution in [0.25, 0.3) is 0 Å². The number of rotatable bonds is 4. The summed E-state index contributed by atoms with van der Waals surface area (Å²) in [6.07, 6.45) is 3.19. The molecule has 0 aromatic heterocycles. The van der Waals surface area contributed by atoms with E-state index in [9.17, 15) is 5.26 Å². The third-order valence-corrected chi connectivity index (χ3v) is 4.96. The van der Waals surface area contributed by atoms with Gasteiger partial charge in [-0.05, 0) is 44.4 Å². The van der Waals surface area contributed by atoms with E-state index in [2.05, 4.69) is 27.3 Å². The van der Waals surface area contributed by atoms with Crippen molar-refractivity contribution in [1.29, 1.82) is 5.26 Å². The van der Waals surface area contributed by atoms with Gasteiger partial charge in [0.25, 0.3) is 0 Å². The molecule has 1 saturated carbocycles. The third kappa shape index (κ3) is 2.57. The average Bonchev–Trinajstić information content (AvgIpc) is 3.00. The highest BCUT2D eigenvalue weighted by Crippen LogP contribution is 2.47. The molecule has 2 fully saturated rings. The van der Waals surface area contributed by atoms with Crippen LogP contribution in [-0.2, 0) is 9.47 Å². The Labute approximate surface area is 133 Å². The van der Waals surface area contributed by atoms with Gasteiger partial charge in [0.2, 0.25) is 0 Å². The molecular formula is C16H19BrN2O2. The minimum atomic E-state index is -0.212. The topological polar surface area (TPSA) is 54.3 Å². The molecule has 0 radical (unpaired) electrons. The van der Waals surface area contributed by atoms with Gasteiger partial charge in [-0.15, -0.1) is 0 Å². The maximum absolute atomic E-state index is 9.27. The third-order valence-electron chi connectivity index (χ3n) is 4.47. The van der Waals surface area contributed by atoms with E-state index in [1.807, 2.05) is 25.1 Å². The number of halogens is 1. The van der Waals surface area contributed by atoms with Gasteiger partial charge in [0.15, 0.2) is 0 Å². The Bertz CT molecular complexity index is 564. The van der Waals surface area contributed by atoms with Gasteiger partial charge in [0, 0.05) is 17.7 Å². The summed E-state index contributed by atoms with van der Waals surface area (Å²) >= 11 is 3.40. The number of anilines is 1. The van der Waals surface area contributed by atoms with Crippen molar-refractivity contribution in [1.82, 2.24) is 0 Å². The Morgan fingerprint density at radius 2 is 2.43 bits per heavy atom. The standard InChI is InChI=1S/C16H19BrN2O2/c1-2-20-15-9-14(16(15)6-3-7-21-16)19-13-5-4-12(17)8-11(13)10-18/h4-5,8,14-15,19H,2-3,6-7,9H2,1H3. The van der Waals surface area contributed by atoms with Crippen molar-refractivity contribution in [2.45, 2.75) is 43.9 Å². The van der Waals surface area contributed by atoms with E-state index in [4.69, 9.17) is 9.47 Å². The van der Waals surface area contributed by atoms with Gasteiger partial charge in [0.05, 0.1) is 23.4 Å². The highest BCUT2D eigenvalue weighted by Gasteiger charge is 2.58. The van der Waals surface area contributed by atoms with E-state index in [-0.39, 0.29) is 17.7 Å². The summed E-state index contributed by atoms with van der Waals surface area (Å²) in [4.78, 5) is 0. The first-order valence-electron chi connectivity index (χ1n) is 7.41. The van der Waals surface area contributed by atoms with Crippen LogP contribution >= 0.6 is 15.9 Å². The summed E-state index contributed by atoms with van der Waals surface area (Å²) in [6.45, 7) is 3.53. The second-order valence-electron chi connectivity index (χ2n) is 5.59. The minimum Gasteiger partial charge on any atom is -0.378 e. The van der Waals surface area contributed by atoms with E-state index < -0.39 is 0 Å². The number of nitrogens with one attached hydrogen (secondary N) is 1. The lowest BCUT2D eigenvalue weighted by molar-refractivity contribution is -0.184. The van der Waals surface area contributed by atoms with Crippen LogP contribution in [0.1, 0.15) is 31.7 Å². The van der Waals surface area contributed by atoms with Crippen LogP contribution in [0.3, 0.4) is 0 Å². The van der Waals surface area contributed by atoms with Crippen LogP contribution in [0.4, 0.5) is 5.69 Å². The molecule has 1 heterocycles. The zero-order chi connectivity index (χ0) is 14.9. The molecule has 1 aromatic rings.